The first kappa shape index (κ1) is 29.4. The van der Waals surface area contributed by atoms with E-state index >= 15 is 0 Å². The van der Waals surface area contributed by atoms with Crippen LogP contribution in [0.4, 0.5) is 18.9 Å². The van der Waals surface area contributed by atoms with E-state index in [9.17, 15) is 31.2 Å². The van der Waals surface area contributed by atoms with Gasteiger partial charge in [-0.15, -0.1) is 0 Å². The smallest absolute Gasteiger partial charge is 0.355 e. The second-order valence-corrected chi connectivity index (χ2v) is 10.5. The predicted molar refractivity (Wildman–Crippen MR) is 133 cm³/mol. The van der Waals surface area contributed by atoms with Gasteiger partial charge in [-0.05, 0) is 49.6 Å². The average molecular weight is 548 g/mol. The maximum absolute atomic E-state index is 13.5. The van der Waals surface area contributed by atoms with Crippen molar-refractivity contribution >= 4 is 39.1 Å². The molecule has 0 aromatic heterocycles. The number of rotatable bonds is 10. The van der Waals surface area contributed by atoms with Crippen molar-refractivity contribution in [2.45, 2.75) is 46.0 Å². The summed E-state index contributed by atoms with van der Waals surface area (Å²) in [6, 6.07) is 8.89. The molecule has 0 fully saturated rings. The number of carbonyl (C=O) groups excluding carboxylic acids is 2. The van der Waals surface area contributed by atoms with Gasteiger partial charge in [-0.2, -0.15) is 13.2 Å². The lowest BCUT2D eigenvalue weighted by Crippen LogP contribution is -2.52. The van der Waals surface area contributed by atoms with Crippen LogP contribution in [0.25, 0.3) is 0 Å². The van der Waals surface area contributed by atoms with E-state index in [-0.39, 0.29) is 18.7 Å². The monoisotopic (exact) mass is 547 g/mol. The zero-order valence-electron chi connectivity index (χ0n) is 20.4. The van der Waals surface area contributed by atoms with Gasteiger partial charge < -0.3 is 10.2 Å². The van der Waals surface area contributed by atoms with Crippen molar-refractivity contribution in [3.8, 4) is 0 Å². The summed E-state index contributed by atoms with van der Waals surface area (Å²) in [5, 5.41) is 2.07. The first-order chi connectivity index (χ1) is 16.7. The largest absolute Gasteiger partial charge is 0.417 e. The van der Waals surface area contributed by atoms with E-state index in [0.29, 0.717) is 16.9 Å². The molecule has 0 aliphatic rings. The number of nitrogens with one attached hydrogen (secondary N) is 1. The summed E-state index contributed by atoms with van der Waals surface area (Å²) >= 11 is 5.68. The second-order valence-electron chi connectivity index (χ2n) is 8.20. The maximum atomic E-state index is 13.5. The third-order valence-electron chi connectivity index (χ3n) is 5.56. The molecule has 0 heterocycles. The van der Waals surface area contributed by atoms with Gasteiger partial charge in [0.15, 0.2) is 0 Å². The number of anilines is 1. The molecule has 7 nitrogen and oxygen atoms in total. The molecule has 0 spiro atoms. The lowest BCUT2D eigenvalue weighted by Gasteiger charge is -2.33. The van der Waals surface area contributed by atoms with Crippen LogP contribution in [0.3, 0.4) is 0 Å². The van der Waals surface area contributed by atoms with Crippen molar-refractivity contribution in [2.24, 2.45) is 0 Å². The van der Waals surface area contributed by atoms with Gasteiger partial charge in [-0.3, -0.25) is 13.9 Å². The number of halogens is 4. The highest BCUT2D eigenvalue weighted by Crippen LogP contribution is 2.37. The summed E-state index contributed by atoms with van der Waals surface area (Å²) in [7, 11) is -4.19. The topological polar surface area (TPSA) is 86.8 Å². The number of sulfonamides is 1. The van der Waals surface area contributed by atoms with Gasteiger partial charge in [0.25, 0.3) is 0 Å². The van der Waals surface area contributed by atoms with E-state index in [1.165, 1.54) is 4.90 Å². The number of aryl methyl sites for hydroxylation is 1. The van der Waals surface area contributed by atoms with Crippen molar-refractivity contribution in [3.05, 3.63) is 64.2 Å². The van der Waals surface area contributed by atoms with Gasteiger partial charge in [0.2, 0.25) is 21.8 Å². The number of benzene rings is 2. The third-order valence-corrected chi connectivity index (χ3v) is 7.03. The molecule has 0 aliphatic heterocycles. The van der Waals surface area contributed by atoms with E-state index in [1.807, 2.05) is 19.1 Å². The average Bonchev–Trinajstić information content (AvgIpc) is 2.77. The summed E-state index contributed by atoms with van der Waals surface area (Å²) in [6.45, 7) is 4.79. The highest BCUT2D eigenvalue weighted by molar-refractivity contribution is 7.92. The summed E-state index contributed by atoms with van der Waals surface area (Å²) in [6.07, 6.45) is -3.81. The number of hydrogen-bond acceptors (Lipinski definition) is 4. The minimum Gasteiger partial charge on any atom is -0.355 e. The molecule has 0 aliphatic carbocycles. The zero-order valence-corrected chi connectivity index (χ0v) is 22.0. The molecule has 36 heavy (non-hydrogen) atoms. The van der Waals surface area contributed by atoms with Crippen molar-refractivity contribution in [3.63, 3.8) is 0 Å². The molecule has 2 rings (SSSR count). The minimum absolute atomic E-state index is 0.00711. The molecule has 0 saturated carbocycles. The van der Waals surface area contributed by atoms with Gasteiger partial charge >= 0.3 is 6.18 Å². The molecular formula is C24H29ClF3N3O4S. The Kier molecular flexibility index (Phi) is 9.78. The normalized spacial score (nSPS) is 12.7. The van der Waals surface area contributed by atoms with Crippen molar-refractivity contribution in [1.82, 2.24) is 10.2 Å². The Labute approximate surface area is 214 Å². The van der Waals surface area contributed by atoms with Crippen LogP contribution in [0, 0.1) is 6.92 Å². The molecular weight excluding hydrogens is 519 g/mol. The predicted octanol–water partition coefficient (Wildman–Crippen LogP) is 4.38. The number of alkyl halides is 3. The fourth-order valence-electron chi connectivity index (χ4n) is 3.68. The molecule has 1 atom stereocenters. The van der Waals surface area contributed by atoms with E-state index in [0.717, 1.165) is 29.5 Å². The molecule has 2 aromatic rings. The lowest BCUT2D eigenvalue weighted by molar-refractivity contribution is -0.140. The number of nitrogens with zero attached hydrogens (tertiary/aromatic N) is 2. The van der Waals surface area contributed by atoms with Gasteiger partial charge in [0.1, 0.15) is 12.6 Å². The van der Waals surface area contributed by atoms with Crippen LogP contribution in [0.15, 0.2) is 42.5 Å². The summed E-state index contributed by atoms with van der Waals surface area (Å²) in [5.41, 5.74) is -0.00309. The summed E-state index contributed by atoms with van der Waals surface area (Å²) in [4.78, 5) is 27.6. The summed E-state index contributed by atoms with van der Waals surface area (Å²) < 4.78 is 66.0. The molecule has 0 bridgehead atoms. The highest BCUT2D eigenvalue weighted by Gasteiger charge is 2.36. The molecule has 198 valence electrons. The number of likely N-dealkylation sites (N-methyl/N-ethyl adjacent to an activating group) is 1. The molecule has 0 radical (unpaired) electrons. The lowest BCUT2D eigenvalue weighted by atomic mass is 10.1. The van der Waals surface area contributed by atoms with Gasteiger partial charge in [0, 0.05) is 13.1 Å². The van der Waals surface area contributed by atoms with Crippen LogP contribution >= 0.6 is 11.6 Å². The van der Waals surface area contributed by atoms with Crippen LogP contribution < -0.4 is 9.62 Å². The van der Waals surface area contributed by atoms with Crippen LogP contribution in [0.2, 0.25) is 5.02 Å². The number of hydrogen-bond donors (Lipinski definition) is 1. The molecule has 12 heteroatoms. The van der Waals surface area contributed by atoms with Crippen LogP contribution in [-0.2, 0) is 32.3 Å². The Morgan fingerprint density at radius 3 is 2.28 bits per heavy atom. The van der Waals surface area contributed by atoms with Crippen molar-refractivity contribution in [2.75, 3.05) is 23.7 Å². The van der Waals surface area contributed by atoms with Crippen LogP contribution in [-0.4, -0.2) is 50.5 Å². The number of amides is 2. The minimum atomic E-state index is -4.83. The SMILES string of the molecule is CCNC(=O)[C@@H](CC)N(Cc1ccccc1C)C(=O)CN(c1ccc(Cl)c(C(F)(F)F)c1)S(C)(=O)=O. The molecule has 2 amide bonds. The van der Waals surface area contributed by atoms with E-state index in [1.54, 1.807) is 26.0 Å². The Balaban J connectivity index is 2.53. The summed E-state index contributed by atoms with van der Waals surface area (Å²) in [5.74, 6) is -1.16. The second kappa shape index (κ2) is 12.0. The van der Waals surface area contributed by atoms with E-state index in [2.05, 4.69) is 5.32 Å². The van der Waals surface area contributed by atoms with Crippen molar-refractivity contribution < 1.29 is 31.2 Å². The first-order valence-electron chi connectivity index (χ1n) is 11.2. The van der Waals surface area contributed by atoms with Crippen molar-refractivity contribution in [1.29, 1.82) is 0 Å². The molecule has 1 N–H and O–H groups in total. The standard InChI is InChI=1S/C24H29ClF3N3O4S/c1-5-21(23(33)29-6-2)30(14-17-10-8-7-9-16(17)3)22(32)15-31(36(4,34)35)18-11-12-20(25)19(13-18)24(26,27)28/h7-13,21H,5-6,14-15H2,1-4H3,(H,29,33)/t21-/m1/s1. The Bertz CT molecular complexity index is 1210. The fraction of sp³-hybridized carbons (Fsp3) is 0.417. The molecule has 0 saturated heterocycles. The third kappa shape index (κ3) is 7.36. The highest BCUT2D eigenvalue weighted by atomic mass is 35.5. The molecule has 2 aromatic carbocycles. The van der Waals surface area contributed by atoms with E-state index < -0.39 is 51.2 Å². The van der Waals surface area contributed by atoms with Gasteiger partial charge in [-0.1, -0.05) is 42.8 Å². The maximum Gasteiger partial charge on any atom is 0.417 e. The van der Waals surface area contributed by atoms with Crippen LogP contribution in [0.1, 0.15) is 37.0 Å². The zero-order chi connectivity index (χ0) is 27.3. The first-order valence-corrected chi connectivity index (χ1v) is 13.4. The fourth-order valence-corrected chi connectivity index (χ4v) is 4.75. The Hall–Kier alpha value is -2.79. The van der Waals surface area contributed by atoms with Gasteiger partial charge in [-0.25, -0.2) is 8.42 Å². The Morgan fingerprint density at radius 2 is 1.75 bits per heavy atom. The molecule has 0 unspecified atom stereocenters. The van der Waals surface area contributed by atoms with E-state index in [4.69, 9.17) is 11.6 Å². The van der Waals surface area contributed by atoms with Gasteiger partial charge in [0.05, 0.1) is 22.5 Å². The van der Waals surface area contributed by atoms with Crippen LogP contribution in [0.5, 0.6) is 0 Å². The number of carbonyl (C=O) groups is 2. The Morgan fingerprint density at radius 1 is 1.11 bits per heavy atom. The quantitative estimate of drug-likeness (QED) is 0.478.